The monoisotopic (exact) mass is 884 g/mol. The average Bonchev–Trinajstić information content (AvgIpc) is 3.51. The van der Waals surface area contributed by atoms with Crippen LogP contribution in [0, 0.1) is 17.9 Å². The first kappa shape index (κ1) is 40.1. The normalized spacial score (nSPS) is 15.3. The predicted octanol–water partition coefficient (Wildman–Crippen LogP) is 11.8. The van der Waals surface area contributed by atoms with Crippen LogP contribution in [0.1, 0.15) is 98.6 Å². The third kappa shape index (κ3) is 7.72. The fourth-order valence-electron chi connectivity index (χ4n) is 8.11. The third-order valence-electron chi connectivity index (χ3n) is 10.6. The van der Waals surface area contributed by atoms with Gasteiger partial charge in [0, 0.05) is 58.5 Å². The Balaban J connectivity index is 0.000000301. The molecule has 269 valence electrons. The van der Waals surface area contributed by atoms with Crippen molar-refractivity contribution in [2.45, 2.75) is 118 Å². The van der Waals surface area contributed by atoms with Crippen LogP contribution in [0.15, 0.2) is 60.6 Å². The number of rotatable bonds is 9. The fraction of sp³-hybridized carbons (Fsp3) is 0.465. The van der Waals surface area contributed by atoms with Gasteiger partial charge in [0.05, 0.1) is 19.3 Å². The van der Waals surface area contributed by atoms with Crippen molar-refractivity contribution in [2.75, 3.05) is 0 Å². The Morgan fingerprint density at radius 2 is 1.54 bits per heavy atom. The van der Waals surface area contributed by atoms with E-state index in [1.165, 1.54) is 54.4 Å². The largest absolute Gasteiger partial charge is 0.512 e. The second kappa shape index (κ2) is 15.5. The molecule has 7 heteroatoms. The molecule has 1 N–H and O–H groups in total. The number of thiophene rings is 1. The van der Waals surface area contributed by atoms with Crippen LogP contribution in [0.25, 0.3) is 42.3 Å². The molecule has 1 aliphatic carbocycles. The maximum atomic E-state index is 11.7. The Kier molecular flexibility index (Phi) is 12.4. The summed E-state index contributed by atoms with van der Waals surface area (Å²) in [7, 11) is -1.57. The molecule has 0 fully saturated rings. The van der Waals surface area contributed by atoms with E-state index in [2.05, 4.69) is 95.9 Å². The predicted molar refractivity (Wildman–Crippen MR) is 214 cm³/mol. The molecule has 4 nitrogen and oxygen atoms in total. The van der Waals surface area contributed by atoms with E-state index >= 15 is 0 Å². The van der Waals surface area contributed by atoms with Crippen LogP contribution in [0.2, 0.25) is 19.6 Å². The number of aliphatic hydroxyl groups is 1. The quantitative estimate of drug-likeness (QED) is 0.0693. The molecule has 0 unspecified atom stereocenters. The summed E-state index contributed by atoms with van der Waals surface area (Å²) in [6.07, 6.45) is 7.81. The summed E-state index contributed by atoms with van der Waals surface area (Å²) >= 11 is 1.88. The molecule has 0 atom stereocenters. The Bertz CT molecular complexity index is 2030. The van der Waals surface area contributed by atoms with Crippen LogP contribution in [0.4, 0.5) is 0 Å². The molecule has 1 aliphatic rings. The SMILES string of the molecule is CC1(C)CC(C)(C)c2c1ccc1c2sc2c(-c3[c-]c4ccccc4c([Si](C)(C)C)c3)ncnc21.CCC(CC)C(=O)/C=C(\O)C(CC)CC.[Ir]. The first-order chi connectivity index (χ1) is 23.1. The van der Waals surface area contributed by atoms with Crippen molar-refractivity contribution in [1.82, 2.24) is 9.97 Å². The molecular weight excluding hydrogens is 829 g/mol. The smallest absolute Gasteiger partial charge is 0.162 e. The molecule has 0 spiro atoms. The van der Waals surface area contributed by atoms with Gasteiger partial charge in [0.1, 0.15) is 6.33 Å². The van der Waals surface area contributed by atoms with E-state index in [1.807, 2.05) is 39.0 Å². The molecule has 0 aliphatic heterocycles. The molecule has 3 aromatic carbocycles. The number of aliphatic hydroxyl groups excluding tert-OH is 1. The Labute approximate surface area is 318 Å². The van der Waals surface area contributed by atoms with Gasteiger partial charge in [-0.1, -0.05) is 116 Å². The van der Waals surface area contributed by atoms with E-state index < -0.39 is 8.07 Å². The first-order valence-electron chi connectivity index (χ1n) is 18.2. The standard InChI is InChI=1S/C30H31N2SSi.C13H24O2.Ir/c1-29(2)16-30(3,4)24-22(29)13-12-21-26-28(33-27(21)24)25(31-17-32-26)19-14-18-10-8-9-11-20(18)23(15-19)34(5,6)7;1-5-10(6-2)12(14)9-13(15)11(7-3)8-4;/h8-13,15,17H,16H2,1-7H3;9-11,14H,5-8H2,1-4H3;/q-1;;/b;12-9-;. The number of carbonyl (C=O) groups is 1. The van der Waals surface area contributed by atoms with Crippen LogP contribution in [0.5, 0.6) is 0 Å². The van der Waals surface area contributed by atoms with E-state index in [0.29, 0.717) is 0 Å². The maximum absolute atomic E-state index is 11.7. The van der Waals surface area contributed by atoms with Crippen molar-refractivity contribution in [1.29, 1.82) is 0 Å². The Morgan fingerprint density at radius 3 is 2.16 bits per heavy atom. The molecule has 6 rings (SSSR count). The zero-order valence-electron chi connectivity index (χ0n) is 31.9. The second-order valence-electron chi connectivity index (χ2n) is 16.2. The molecule has 5 aromatic rings. The Hall–Kier alpha value is -2.70. The average molecular weight is 884 g/mol. The second-order valence-corrected chi connectivity index (χ2v) is 22.3. The molecule has 0 amide bonds. The molecular formula is C43H55IrN2O2SSi-. The maximum Gasteiger partial charge on any atom is 0.162 e. The van der Waals surface area contributed by atoms with Crippen LogP contribution >= 0.6 is 11.3 Å². The number of fused-ring (bicyclic) bond motifs is 6. The number of allylic oxidation sites excluding steroid dienone is 2. The molecule has 0 bridgehead atoms. The zero-order chi connectivity index (χ0) is 35.9. The summed E-state index contributed by atoms with van der Waals surface area (Å²) in [5.74, 6) is 0.547. The van der Waals surface area contributed by atoms with Crippen molar-refractivity contribution in [3.05, 3.63) is 77.8 Å². The summed E-state index contributed by atoms with van der Waals surface area (Å²) in [5, 5.41) is 15.0. The van der Waals surface area contributed by atoms with Crippen LogP contribution in [0.3, 0.4) is 0 Å². The van der Waals surface area contributed by atoms with Gasteiger partial charge in [0.25, 0.3) is 0 Å². The first-order valence-corrected chi connectivity index (χ1v) is 22.5. The summed E-state index contributed by atoms with van der Waals surface area (Å²) in [4.78, 5) is 21.4. The molecule has 50 heavy (non-hydrogen) atoms. The minimum absolute atomic E-state index is 0. The molecule has 0 saturated heterocycles. The van der Waals surface area contributed by atoms with Gasteiger partial charge >= 0.3 is 0 Å². The van der Waals surface area contributed by atoms with E-state index in [1.54, 1.807) is 6.33 Å². The van der Waals surface area contributed by atoms with Crippen molar-refractivity contribution < 1.29 is 30.0 Å². The van der Waals surface area contributed by atoms with Crippen molar-refractivity contribution in [2.24, 2.45) is 11.8 Å². The summed E-state index contributed by atoms with van der Waals surface area (Å²) < 4.78 is 2.57. The topological polar surface area (TPSA) is 63.1 Å². The number of carbonyl (C=O) groups excluding carboxylic acids is 1. The summed E-state index contributed by atoms with van der Waals surface area (Å²) in [6, 6.07) is 19.4. The van der Waals surface area contributed by atoms with E-state index in [4.69, 9.17) is 9.97 Å². The van der Waals surface area contributed by atoms with Crippen LogP contribution < -0.4 is 5.19 Å². The van der Waals surface area contributed by atoms with Crippen molar-refractivity contribution in [3.8, 4) is 11.3 Å². The van der Waals surface area contributed by atoms with Gasteiger partial charge in [-0.05, 0) is 54.1 Å². The van der Waals surface area contributed by atoms with Gasteiger partial charge in [-0.15, -0.1) is 40.1 Å². The molecule has 2 heterocycles. The van der Waals surface area contributed by atoms with E-state index in [0.717, 1.165) is 42.5 Å². The number of aromatic nitrogens is 2. The van der Waals surface area contributed by atoms with Crippen LogP contribution in [-0.2, 0) is 35.7 Å². The number of hydrogen-bond donors (Lipinski definition) is 1. The van der Waals surface area contributed by atoms with Crippen LogP contribution in [-0.4, -0.2) is 28.9 Å². The fourth-order valence-corrected chi connectivity index (χ4v) is 11.2. The number of nitrogens with zero attached hydrogens (tertiary/aromatic N) is 2. The Morgan fingerprint density at radius 1 is 0.900 bits per heavy atom. The third-order valence-corrected chi connectivity index (χ3v) is 13.9. The van der Waals surface area contributed by atoms with E-state index in [9.17, 15) is 9.90 Å². The van der Waals surface area contributed by atoms with Gasteiger partial charge in [0.15, 0.2) is 5.78 Å². The van der Waals surface area contributed by atoms with Gasteiger partial charge < -0.3 is 5.11 Å². The van der Waals surface area contributed by atoms with Gasteiger partial charge in [0.2, 0.25) is 0 Å². The number of benzene rings is 3. The van der Waals surface area contributed by atoms with Crippen molar-refractivity contribution >= 4 is 61.5 Å². The molecule has 2 aromatic heterocycles. The van der Waals surface area contributed by atoms with Gasteiger partial charge in [-0.25, -0.2) is 4.98 Å². The molecule has 0 saturated carbocycles. The minimum Gasteiger partial charge on any atom is -0.512 e. The van der Waals surface area contributed by atoms with E-state index in [-0.39, 0.29) is 54.3 Å². The zero-order valence-corrected chi connectivity index (χ0v) is 36.1. The molecule has 1 radical (unpaired) electrons. The number of hydrogen-bond acceptors (Lipinski definition) is 5. The summed E-state index contributed by atoms with van der Waals surface area (Å²) in [5.41, 5.74) is 6.51. The van der Waals surface area contributed by atoms with Gasteiger partial charge in [-0.2, -0.15) is 0 Å². The summed E-state index contributed by atoms with van der Waals surface area (Å²) in [6.45, 7) is 24.9. The van der Waals surface area contributed by atoms with Crippen molar-refractivity contribution in [3.63, 3.8) is 0 Å². The van der Waals surface area contributed by atoms with Gasteiger partial charge in [-0.3, -0.25) is 9.78 Å². The number of ketones is 1. The minimum atomic E-state index is -1.57.